The molecule has 5 heteroatoms. The molecule has 4 nitrogen and oxygen atoms in total. The smallest absolute Gasteiger partial charge is 0.244 e. The van der Waals surface area contributed by atoms with Gasteiger partial charge in [-0.2, -0.15) is 4.31 Å². The van der Waals surface area contributed by atoms with E-state index in [2.05, 4.69) is 25.0 Å². The molecule has 1 aromatic carbocycles. The van der Waals surface area contributed by atoms with Gasteiger partial charge in [-0.25, -0.2) is 8.42 Å². The zero-order chi connectivity index (χ0) is 16.4. The largest absolute Gasteiger partial charge is 0.365 e. The fraction of sp³-hybridized carbons (Fsp3) is 0.294. The van der Waals surface area contributed by atoms with Gasteiger partial charge in [-0.15, -0.1) is 13.2 Å². The molecule has 1 rings (SSSR count). The van der Waals surface area contributed by atoms with Crippen LogP contribution in [0, 0.1) is 18.8 Å². The van der Waals surface area contributed by atoms with Crippen molar-refractivity contribution in [1.29, 1.82) is 0 Å². The van der Waals surface area contributed by atoms with Crippen LogP contribution < -0.4 is 0 Å². The first-order valence-corrected chi connectivity index (χ1v) is 8.28. The van der Waals surface area contributed by atoms with E-state index in [1.54, 1.807) is 36.4 Å². The van der Waals surface area contributed by atoms with E-state index in [0.717, 1.165) is 5.56 Å². The van der Waals surface area contributed by atoms with Crippen molar-refractivity contribution < 1.29 is 13.2 Å². The van der Waals surface area contributed by atoms with E-state index in [1.165, 1.54) is 4.31 Å². The summed E-state index contributed by atoms with van der Waals surface area (Å²) in [6, 6.07) is 6.74. The molecule has 0 bridgehead atoms. The monoisotopic (exact) mass is 319 g/mol. The van der Waals surface area contributed by atoms with Crippen molar-refractivity contribution in [2.75, 3.05) is 26.3 Å². The van der Waals surface area contributed by atoms with Crippen LogP contribution in [0.3, 0.4) is 0 Å². The van der Waals surface area contributed by atoms with E-state index in [1.807, 2.05) is 6.92 Å². The van der Waals surface area contributed by atoms with Gasteiger partial charge in [0.25, 0.3) is 0 Å². The first-order chi connectivity index (χ1) is 10.5. The number of aryl methyl sites for hydroxylation is 1. The summed E-state index contributed by atoms with van der Waals surface area (Å²) in [6.45, 7) is 10.0. The van der Waals surface area contributed by atoms with Crippen molar-refractivity contribution in [3.05, 3.63) is 55.1 Å². The van der Waals surface area contributed by atoms with Gasteiger partial charge >= 0.3 is 0 Å². The maximum absolute atomic E-state index is 12.6. The maximum atomic E-state index is 12.6. The lowest BCUT2D eigenvalue weighted by molar-refractivity contribution is 0.199. The minimum atomic E-state index is -3.57. The van der Waals surface area contributed by atoms with Crippen molar-refractivity contribution in [2.24, 2.45) is 0 Å². The molecular weight excluding hydrogens is 298 g/mol. The third-order valence-electron chi connectivity index (χ3n) is 2.78. The molecule has 0 atom stereocenters. The molecule has 0 N–H and O–H groups in total. The van der Waals surface area contributed by atoms with Gasteiger partial charge < -0.3 is 4.74 Å². The van der Waals surface area contributed by atoms with E-state index >= 15 is 0 Å². The molecule has 1 aromatic rings. The van der Waals surface area contributed by atoms with Crippen LogP contribution >= 0.6 is 0 Å². The summed E-state index contributed by atoms with van der Waals surface area (Å²) in [5, 5.41) is 0. The predicted octanol–water partition coefficient (Wildman–Crippen LogP) is 2.38. The molecular formula is C17H21NO3S. The number of hydrogen-bond donors (Lipinski definition) is 0. The van der Waals surface area contributed by atoms with Gasteiger partial charge in [0.1, 0.15) is 6.61 Å². The van der Waals surface area contributed by atoms with E-state index in [4.69, 9.17) is 4.74 Å². The van der Waals surface area contributed by atoms with E-state index < -0.39 is 10.0 Å². The molecule has 22 heavy (non-hydrogen) atoms. The molecule has 0 amide bonds. The molecule has 0 aliphatic rings. The fourth-order valence-electron chi connectivity index (χ4n) is 1.64. The molecule has 0 heterocycles. The van der Waals surface area contributed by atoms with Crippen LogP contribution in [0.25, 0.3) is 0 Å². The highest BCUT2D eigenvalue weighted by atomic mass is 32.2. The molecule has 0 aliphatic heterocycles. The van der Waals surface area contributed by atoms with E-state index in [9.17, 15) is 8.42 Å². The third kappa shape index (κ3) is 5.49. The first kappa shape index (κ1) is 18.2. The Morgan fingerprint density at radius 1 is 1.18 bits per heavy atom. The summed E-state index contributed by atoms with van der Waals surface area (Å²) in [5.41, 5.74) is 1.01. The second-order valence-electron chi connectivity index (χ2n) is 4.56. The second kappa shape index (κ2) is 9.21. The lowest BCUT2D eigenvalue weighted by Crippen LogP contribution is -2.31. The lowest BCUT2D eigenvalue weighted by Gasteiger charge is -2.18. The van der Waals surface area contributed by atoms with Crippen molar-refractivity contribution in [2.45, 2.75) is 11.8 Å². The second-order valence-corrected chi connectivity index (χ2v) is 6.49. The summed E-state index contributed by atoms with van der Waals surface area (Å²) in [4.78, 5) is 0.254. The standard InChI is InChI=1S/C17H21NO3S/c1-4-12-18(13-6-7-15-21-14-5-2)22(19,20)17-10-8-16(3)9-11-17/h4-5,8-11H,1-2,12-15H2,3H3. The van der Waals surface area contributed by atoms with Crippen molar-refractivity contribution in [3.63, 3.8) is 0 Å². The summed E-state index contributed by atoms with van der Waals surface area (Å²) in [6.07, 6.45) is 3.18. The number of ether oxygens (including phenoxy) is 1. The van der Waals surface area contributed by atoms with Gasteiger partial charge in [0.05, 0.1) is 18.0 Å². The lowest BCUT2D eigenvalue weighted by atomic mass is 10.2. The van der Waals surface area contributed by atoms with Crippen LogP contribution in [0.2, 0.25) is 0 Å². The van der Waals surface area contributed by atoms with Gasteiger partial charge in [-0.05, 0) is 19.1 Å². The van der Waals surface area contributed by atoms with Gasteiger partial charge in [0, 0.05) is 6.54 Å². The summed E-state index contributed by atoms with van der Waals surface area (Å²) in [7, 11) is -3.57. The maximum Gasteiger partial charge on any atom is 0.244 e. The van der Waals surface area contributed by atoms with Crippen molar-refractivity contribution in [3.8, 4) is 11.8 Å². The average Bonchev–Trinajstić information content (AvgIpc) is 2.50. The molecule has 0 unspecified atom stereocenters. The molecule has 0 aliphatic carbocycles. The normalized spacial score (nSPS) is 10.8. The van der Waals surface area contributed by atoms with Crippen molar-refractivity contribution >= 4 is 10.0 Å². The molecule has 0 saturated heterocycles. The Morgan fingerprint density at radius 2 is 1.86 bits per heavy atom. The van der Waals surface area contributed by atoms with Gasteiger partial charge in [-0.3, -0.25) is 0 Å². The third-order valence-corrected chi connectivity index (χ3v) is 4.61. The Morgan fingerprint density at radius 3 is 2.45 bits per heavy atom. The summed E-state index contributed by atoms with van der Waals surface area (Å²) < 4.78 is 31.5. The predicted molar refractivity (Wildman–Crippen MR) is 88.9 cm³/mol. The van der Waals surface area contributed by atoms with Crippen molar-refractivity contribution in [1.82, 2.24) is 4.31 Å². The minimum Gasteiger partial charge on any atom is -0.365 e. The first-order valence-electron chi connectivity index (χ1n) is 6.84. The quantitative estimate of drug-likeness (QED) is 0.420. The Balaban J connectivity index is 2.82. The fourth-order valence-corrected chi connectivity index (χ4v) is 2.95. The van der Waals surface area contributed by atoms with Gasteiger partial charge in [-0.1, -0.05) is 41.7 Å². The number of rotatable bonds is 8. The van der Waals surface area contributed by atoms with Crippen LogP contribution in [0.5, 0.6) is 0 Å². The van der Waals surface area contributed by atoms with Gasteiger partial charge in [0.2, 0.25) is 10.0 Å². The highest BCUT2D eigenvalue weighted by molar-refractivity contribution is 7.89. The molecule has 0 aromatic heterocycles. The highest BCUT2D eigenvalue weighted by Crippen LogP contribution is 2.15. The highest BCUT2D eigenvalue weighted by Gasteiger charge is 2.22. The molecule has 0 fully saturated rings. The number of nitrogens with zero attached hydrogens (tertiary/aromatic N) is 1. The number of hydrogen-bond acceptors (Lipinski definition) is 3. The molecule has 0 saturated carbocycles. The minimum absolute atomic E-state index is 0.0969. The number of benzene rings is 1. The molecule has 0 radical (unpaired) electrons. The Bertz CT molecular complexity index is 651. The van der Waals surface area contributed by atoms with Crippen LogP contribution in [-0.4, -0.2) is 39.0 Å². The Hall–Kier alpha value is -1.87. The zero-order valence-corrected chi connectivity index (χ0v) is 13.6. The Kier molecular flexibility index (Phi) is 7.61. The number of sulfonamides is 1. The van der Waals surface area contributed by atoms with Crippen LogP contribution in [-0.2, 0) is 14.8 Å². The van der Waals surface area contributed by atoms with E-state index in [0.29, 0.717) is 6.61 Å². The molecule has 0 spiro atoms. The van der Waals surface area contributed by atoms with Crippen LogP contribution in [0.4, 0.5) is 0 Å². The SMILES string of the molecule is C=CCOCC#CCN(CC=C)S(=O)(=O)c1ccc(C)cc1. The Labute approximate surface area is 133 Å². The topological polar surface area (TPSA) is 46.6 Å². The van der Waals surface area contributed by atoms with Gasteiger partial charge in [0.15, 0.2) is 0 Å². The average molecular weight is 319 g/mol. The van der Waals surface area contributed by atoms with E-state index in [-0.39, 0.29) is 24.6 Å². The molecule has 118 valence electrons. The zero-order valence-electron chi connectivity index (χ0n) is 12.8. The summed E-state index contributed by atoms with van der Waals surface area (Å²) >= 11 is 0. The van der Waals surface area contributed by atoms with Crippen LogP contribution in [0.15, 0.2) is 54.5 Å². The van der Waals surface area contributed by atoms with Crippen LogP contribution in [0.1, 0.15) is 5.56 Å². The summed E-state index contributed by atoms with van der Waals surface area (Å²) in [5.74, 6) is 5.59.